The number of hydrogen-bond acceptors (Lipinski definition) is 4. The lowest BCUT2D eigenvalue weighted by atomic mass is 9.79. The molecule has 3 atom stereocenters. The zero-order chi connectivity index (χ0) is 17.4. The number of furan rings is 1. The molecule has 1 aromatic heterocycles. The second-order valence-corrected chi connectivity index (χ2v) is 7.02. The Morgan fingerprint density at radius 2 is 2.08 bits per heavy atom. The lowest BCUT2D eigenvalue weighted by Gasteiger charge is -2.42. The van der Waals surface area contributed by atoms with Crippen molar-refractivity contribution in [2.24, 2.45) is 0 Å². The van der Waals surface area contributed by atoms with Crippen molar-refractivity contribution in [2.75, 3.05) is 13.7 Å². The number of fused-ring (bicyclic) bond motifs is 1. The Kier molecular flexibility index (Phi) is 4.13. The summed E-state index contributed by atoms with van der Waals surface area (Å²) in [5, 5.41) is 10.1. The van der Waals surface area contributed by atoms with Gasteiger partial charge in [-0.3, -0.25) is 4.79 Å². The predicted molar refractivity (Wildman–Crippen MR) is 93.2 cm³/mol. The van der Waals surface area contributed by atoms with Crippen LogP contribution in [0.15, 0.2) is 47.1 Å². The number of amides is 1. The van der Waals surface area contributed by atoms with Gasteiger partial charge in [-0.1, -0.05) is 12.1 Å². The molecule has 1 N–H and O–H groups in total. The number of nitrogens with zero attached hydrogens (tertiary/aromatic N) is 1. The van der Waals surface area contributed by atoms with Gasteiger partial charge in [-0.2, -0.15) is 0 Å². The summed E-state index contributed by atoms with van der Waals surface area (Å²) >= 11 is 0. The fourth-order valence-electron chi connectivity index (χ4n) is 4.31. The Labute approximate surface area is 147 Å². The van der Waals surface area contributed by atoms with Crippen LogP contribution < -0.4 is 0 Å². The SMILES string of the molecule is CO[C@@]12CCC(O)CC1N(C(=O)c1ccc(-c3ccco3)cc1)CC2. The molecule has 0 bridgehead atoms. The highest BCUT2D eigenvalue weighted by atomic mass is 16.5. The zero-order valence-corrected chi connectivity index (χ0v) is 14.4. The van der Waals surface area contributed by atoms with Crippen LogP contribution in [0.25, 0.3) is 11.3 Å². The maximum atomic E-state index is 13.0. The zero-order valence-electron chi connectivity index (χ0n) is 14.4. The Morgan fingerprint density at radius 3 is 2.76 bits per heavy atom. The number of methoxy groups -OCH3 is 1. The maximum Gasteiger partial charge on any atom is 0.254 e. The van der Waals surface area contributed by atoms with Crippen LogP contribution in [-0.4, -0.2) is 47.3 Å². The second kappa shape index (κ2) is 6.32. The van der Waals surface area contributed by atoms with E-state index < -0.39 is 0 Å². The van der Waals surface area contributed by atoms with E-state index in [-0.39, 0.29) is 23.7 Å². The van der Waals surface area contributed by atoms with E-state index >= 15 is 0 Å². The molecule has 25 heavy (non-hydrogen) atoms. The summed E-state index contributed by atoms with van der Waals surface area (Å²) in [5.74, 6) is 0.790. The van der Waals surface area contributed by atoms with Gasteiger partial charge in [0.2, 0.25) is 0 Å². The number of aliphatic hydroxyl groups excluding tert-OH is 1. The molecule has 4 rings (SSSR count). The minimum absolute atomic E-state index is 0.00372. The third kappa shape index (κ3) is 2.77. The van der Waals surface area contributed by atoms with Crippen LogP contribution in [0.1, 0.15) is 36.0 Å². The number of carbonyl (C=O) groups is 1. The fraction of sp³-hybridized carbons (Fsp3) is 0.450. The van der Waals surface area contributed by atoms with Crippen LogP contribution in [0.2, 0.25) is 0 Å². The first kappa shape index (κ1) is 16.4. The molecule has 1 aliphatic heterocycles. The van der Waals surface area contributed by atoms with E-state index in [9.17, 15) is 9.90 Å². The van der Waals surface area contributed by atoms with Crippen molar-refractivity contribution >= 4 is 5.91 Å². The topological polar surface area (TPSA) is 62.9 Å². The average Bonchev–Trinajstić information content (AvgIpc) is 3.30. The highest BCUT2D eigenvalue weighted by molar-refractivity contribution is 5.95. The standard InChI is InChI=1S/C20H23NO4/c1-24-20-9-8-16(22)13-18(20)21(11-10-20)19(23)15-6-4-14(5-7-15)17-3-2-12-25-17/h2-7,12,16,18,22H,8-11,13H2,1H3/t16?,18?,20-/m1/s1. The molecule has 2 unspecified atom stereocenters. The molecule has 1 amide bonds. The molecular weight excluding hydrogens is 318 g/mol. The average molecular weight is 341 g/mol. The molecule has 132 valence electrons. The van der Waals surface area contributed by atoms with Gasteiger partial charge in [-0.25, -0.2) is 0 Å². The van der Waals surface area contributed by atoms with E-state index in [0.29, 0.717) is 18.5 Å². The smallest absolute Gasteiger partial charge is 0.254 e. The van der Waals surface area contributed by atoms with Crippen LogP contribution in [0.3, 0.4) is 0 Å². The molecular formula is C20H23NO4. The largest absolute Gasteiger partial charge is 0.464 e. The summed E-state index contributed by atoms with van der Waals surface area (Å²) in [5.41, 5.74) is 1.30. The summed E-state index contributed by atoms with van der Waals surface area (Å²) in [6, 6.07) is 11.2. The summed E-state index contributed by atoms with van der Waals surface area (Å²) in [6.07, 6.45) is 4.24. The monoisotopic (exact) mass is 341 g/mol. The van der Waals surface area contributed by atoms with Gasteiger partial charge in [0.15, 0.2) is 0 Å². The molecule has 0 radical (unpaired) electrons. The minimum atomic E-state index is -0.358. The van der Waals surface area contributed by atoms with Crippen molar-refractivity contribution in [3.8, 4) is 11.3 Å². The summed E-state index contributed by atoms with van der Waals surface area (Å²) in [7, 11) is 1.72. The van der Waals surface area contributed by atoms with E-state index in [4.69, 9.17) is 9.15 Å². The summed E-state index contributed by atoms with van der Waals surface area (Å²) in [6.45, 7) is 0.671. The van der Waals surface area contributed by atoms with Crippen molar-refractivity contribution in [2.45, 2.75) is 43.4 Å². The first-order valence-corrected chi connectivity index (χ1v) is 8.81. The Hall–Kier alpha value is -2.11. The molecule has 2 aromatic rings. The fourth-order valence-corrected chi connectivity index (χ4v) is 4.31. The van der Waals surface area contributed by atoms with Gasteiger partial charge in [0.05, 0.1) is 24.0 Å². The van der Waals surface area contributed by atoms with Crippen molar-refractivity contribution in [1.82, 2.24) is 4.90 Å². The number of carbonyl (C=O) groups excluding carboxylic acids is 1. The molecule has 1 saturated heterocycles. The maximum absolute atomic E-state index is 13.0. The number of benzene rings is 1. The summed E-state index contributed by atoms with van der Waals surface area (Å²) in [4.78, 5) is 14.9. The Bertz CT molecular complexity index is 740. The number of ether oxygens (including phenoxy) is 1. The Balaban J connectivity index is 1.56. The van der Waals surface area contributed by atoms with Crippen LogP contribution in [0.4, 0.5) is 0 Å². The van der Waals surface area contributed by atoms with E-state index in [2.05, 4.69) is 0 Å². The molecule has 0 spiro atoms. The van der Waals surface area contributed by atoms with Crippen molar-refractivity contribution in [3.63, 3.8) is 0 Å². The number of hydrogen-bond donors (Lipinski definition) is 1. The molecule has 1 saturated carbocycles. The highest BCUT2D eigenvalue weighted by Crippen LogP contribution is 2.43. The molecule has 2 fully saturated rings. The third-order valence-corrected chi connectivity index (χ3v) is 5.76. The van der Waals surface area contributed by atoms with Crippen molar-refractivity contribution in [1.29, 1.82) is 0 Å². The van der Waals surface area contributed by atoms with E-state index in [0.717, 1.165) is 30.6 Å². The molecule has 2 aliphatic rings. The molecule has 5 heteroatoms. The van der Waals surface area contributed by atoms with Gasteiger partial charge in [0.25, 0.3) is 5.91 Å². The second-order valence-electron chi connectivity index (χ2n) is 7.02. The van der Waals surface area contributed by atoms with Gasteiger partial charge in [0, 0.05) is 24.8 Å². The number of aliphatic hydroxyl groups is 1. The minimum Gasteiger partial charge on any atom is -0.464 e. The van der Waals surface area contributed by atoms with E-state index in [1.165, 1.54) is 0 Å². The molecule has 5 nitrogen and oxygen atoms in total. The quantitative estimate of drug-likeness (QED) is 0.932. The molecule has 2 heterocycles. The predicted octanol–water partition coefficient (Wildman–Crippen LogP) is 3.09. The van der Waals surface area contributed by atoms with Crippen LogP contribution in [0, 0.1) is 0 Å². The third-order valence-electron chi connectivity index (χ3n) is 5.76. The molecule has 1 aromatic carbocycles. The van der Waals surface area contributed by atoms with Crippen LogP contribution >= 0.6 is 0 Å². The van der Waals surface area contributed by atoms with E-state index in [1.54, 1.807) is 13.4 Å². The lowest BCUT2D eigenvalue weighted by molar-refractivity contribution is -0.0824. The van der Waals surface area contributed by atoms with Crippen molar-refractivity contribution < 1.29 is 19.1 Å². The van der Waals surface area contributed by atoms with Gasteiger partial charge in [-0.15, -0.1) is 0 Å². The highest BCUT2D eigenvalue weighted by Gasteiger charge is 2.52. The number of likely N-dealkylation sites (tertiary alicyclic amines) is 1. The van der Waals surface area contributed by atoms with Crippen LogP contribution in [-0.2, 0) is 4.74 Å². The van der Waals surface area contributed by atoms with Gasteiger partial charge in [0.1, 0.15) is 5.76 Å². The lowest BCUT2D eigenvalue weighted by Crippen LogP contribution is -2.52. The normalized spacial score (nSPS) is 28.8. The van der Waals surface area contributed by atoms with Gasteiger partial charge in [-0.05, 0) is 49.9 Å². The van der Waals surface area contributed by atoms with Crippen LogP contribution in [0.5, 0.6) is 0 Å². The van der Waals surface area contributed by atoms with Gasteiger partial charge >= 0.3 is 0 Å². The number of rotatable bonds is 3. The first-order chi connectivity index (χ1) is 12.1. The first-order valence-electron chi connectivity index (χ1n) is 8.81. The van der Waals surface area contributed by atoms with E-state index in [1.807, 2.05) is 41.3 Å². The Morgan fingerprint density at radius 1 is 1.28 bits per heavy atom. The van der Waals surface area contributed by atoms with Crippen molar-refractivity contribution in [3.05, 3.63) is 48.2 Å². The van der Waals surface area contributed by atoms with Gasteiger partial charge < -0.3 is 19.2 Å². The molecule has 1 aliphatic carbocycles. The summed E-state index contributed by atoms with van der Waals surface area (Å²) < 4.78 is 11.2.